The molecule has 0 spiro atoms. The van der Waals surface area contributed by atoms with Crippen LogP contribution in [-0.4, -0.2) is 37.7 Å². The predicted molar refractivity (Wildman–Crippen MR) is 105 cm³/mol. The van der Waals surface area contributed by atoms with Crippen LogP contribution in [0.15, 0.2) is 36.4 Å². The second-order valence-electron chi connectivity index (χ2n) is 7.07. The first kappa shape index (κ1) is 19.6. The van der Waals surface area contributed by atoms with Crippen LogP contribution >= 0.6 is 0 Å². The van der Waals surface area contributed by atoms with Gasteiger partial charge in [0.25, 0.3) is 0 Å². The lowest BCUT2D eigenvalue weighted by atomic mass is 10.0. The zero-order valence-electron chi connectivity index (χ0n) is 15.6. The van der Waals surface area contributed by atoms with E-state index in [0.717, 1.165) is 32.3 Å². The second-order valence-corrected chi connectivity index (χ2v) is 7.07. The number of carbonyl (C=O) groups excluding carboxylic acids is 2. The minimum Gasteiger partial charge on any atom is -0.378 e. The van der Waals surface area contributed by atoms with Crippen LogP contribution in [0.5, 0.6) is 0 Å². The molecule has 1 aliphatic carbocycles. The molecule has 2 atom stereocenters. The molecule has 6 nitrogen and oxygen atoms in total. The van der Waals surface area contributed by atoms with Crippen molar-refractivity contribution in [3.8, 4) is 0 Å². The fourth-order valence-corrected chi connectivity index (χ4v) is 3.37. The Kier molecular flexibility index (Phi) is 7.42. The Labute approximate surface area is 160 Å². The molecule has 6 heteroatoms. The minimum absolute atomic E-state index is 0.0341. The number of carbonyl (C=O) groups is 2. The number of hydrogen-bond donors (Lipinski definition) is 2. The quantitative estimate of drug-likeness (QED) is 0.514. The Hall–Kier alpha value is -2.18. The van der Waals surface area contributed by atoms with Gasteiger partial charge in [-0.2, -0.15) is 0 Å². The summed E-state index contributed by atoms with van der Waals surface area (Å²) >= 11 is 0. The molecule has 0 bridgehead atoms. The maximum Gasteiger partial charge on any atom is 0.226 e. The summed E-state index contributed by atoms with van der Waals surface area (Å²) in [4.78, 5) is 24.4. The van der Waals surface area contributed by atoms with Gasteiger partial charge >= 0.3 is 0 Å². The molecular formula is C21H28N2O4. The summed E-state index contributed by atoms with van der Waals surface area (Å²) in [5.74, 6) is 0.142. The van der Waals surface area contributed by atoms with E-state index in [9.17, 15) is 9.59 Å². The molecule has 1 saturated heterocycles. The number of para-hydroxylation sites is 2. The number of nitrogens with one attached hydrogen (secondary N) is 2. The molecule has 146 valence electrons. The van der Waals surface area contributed by atoms with Crippen molar-refractivity contribution >= 4 is 23.2 Å². The molecule has 2 unspecified atom stereocenters. The molecule has 2 aliphatic rings. The van der Waals surface area contributed by atoms with Crippen molar-refractivity contribution in [2.45, 2.75) is 44.6 Å². The van der Waals surface area contributed by atoms with Crippen LogP contribution in [0.3, 0.4) is 0 Å². The highest BCUT2D eigenvalue weighted by molar-refractivity contribution is 5.99. The minimum atomic E-state index is -0.136. The van der Waals surface area contributed by atoms with Gasteiger partial charge in [-0.1, -0.05) is 24.3 Å². The van der Waals surface area contributed by atoms with Gasteiger partial charge in [0.1, 0.15) is 0 Å². The standard InChI is InChI=1S/C21H28N2O4/c24-20(11-13-26-15-17-8-5-12-27-17)22-18-9-3-4-10-19(18)23-21(25)14-16-6-1-2-7-16/h1,3-4,6,9-10,16-17H,2,5,7-8,11-15H2,(H,22,24)(H,23,25). The first-order chi connectivity index (χ1) is 13.2. The Balaban J connectivity index is 1.42. The Bertz CT molecular complexity index is 668. The fraction of sp³-hybridized carbons (Fsp3) is 0.524. The smallest absolute Gasteiger partial charge is 0.226 e. The molecule has 2 N–H and O–H groups in total. The monoisotopic (exact) mass is 372 g/mol. The van der Waals surface area contributed by atoms with Crippen molar-refractivity contribution < 1.29 is 19.1 Å². The summed E-state index contributed by atoms with van der Waals surface area (Å²) in [6.07, 6.45) is 9.29. The average molecular weight is 372 g/mol. The van der Waals surface area contributed by atoms with E-state index in [1.54, 1.807) is 12.1 Å². The molecule has 0 saturated carbocycles. The molecule has 1 aromatic carbocycles. The maximum atomic E-state index is 12.3. The summed E-state index contributed by atoms with van der Waals surface area (Å²) < 4.78 is 11.0. The first-order valence-electron chi connectivity index (χ1n) is 9.75. The summed E-state index contributed by atoms with van der Waals surface area (Å²) in [7, 11) is 0. The van der Waals surface area contributed by atoms with E-state index >= 15 is 0 Å². The van der Waals surface area contributed by atoms with Gasteiger partial charge in [-0.15, -0.1) is 0 Å². The maximum absolute atomic E-state index is 12.3. The number of allylic oxidation sites excluding steroid dienone is 2. The Morgan fingerprint density at radius 3 is 2.56 bits per heavy atom. The molecule has 1 heterocycles. The predicted octanol–water partition coefficient (Wildman–Crippen LogP) is 3.51. The van der Waals surface area contributed by atoms with Crippen LogP contribution in [0.25, 0.3) is 0 Å². The van der Waals surface area contributed by atoms with Crippen molar-refractivity contribution in [2.75, 3.05) is 30.5 Å². The number of benzene rings is 1. The SMILES string of the molecule is O=C(CCOCC1CCCO1)Nc1ccccc1NC(=O)CC1C=CCC1. The third-order valence-corrected chi connectivity index (χ3v) is 4.84. The van der Waals surface area contributed by atoms with Crippen molar-refractivity contribution in [1.29, 1.82) is 0 Å². The summed E-state index contributed by atoms with van der Waals surface area (Å²) in [5, 5.41) is 5.77. The molecule has 0 radical (unpaired) electrons. The fourth-order valence-electron chi connectivity index (χ4n) is 3.37. The topological polar surface area (TPSA) is 76.7 Å². The lowest BCUT2D eigenvalue weighted by Gasteiger charge is -2.14. The third-order valence-electron chi connectivity index (χ3n) is 4.84. The van der Waals surface area contributed by atoms with Crippen molar-refractivity contribution in [3.63, 3.8) is 0 Å². The Morgan fingerprint density at radius 2 is 1.89 bits per heavy atom. The normalized spacial score (nSPS) is 21.3. The van der Waals surface area contributed by atoms with Crippen LogP contribution < -0.4 is 10.6 Å². The van der Waals surface area contributed by atoms with Gasteiger partial charge < -0.3 is 20.1 Å². The van der Waals surface area contributed by atoms with E-state index in [2.05, 4.69) is 22.8 Å². The van der Waals surface area contributed by atoms with Crippen LogP contribution in [-0.2, 0) is 19.1 Å². The zero-order chi connectivity index (χ0) is 18.9. The van der Waals surface area contributed by atoms with Crippen molar-refractivity contribution in [3.05, 3.63) is 36.4 Å². The highest BCUT2D eigenvalue weighted by atomic mass is 16.5. The second kappa shape index (κ2) is 10.2. The van der Waals surface area contributed by atoms with E-state index in [4.69, 9.17) is 9.47 Å². The van der Waals surface area contributed by atoms with E-state index < -0.39 is 0 Å². The summed E-state index contributed by atoms with van der Waals surface area (Å²) in [6, 6.07) is 7.26. The zero-order valence-corrected chi connectivity index (χ0v) is 15.6. The third kappa shape index (κ3) is 6.48. The summed E-state index contributed by atoms with van der Waals surface area (Å²) in [6.45, 7) is 1.69. The van der Waals surface area contributed by atoms with Crippen molar-refractivity contribution in [2.24, 2.45) is 5.92 Å². The number of ether oxygens (including phenoxy) is 2. The lowest BCUT2D eigenvalue weighted by Crippen LogP contribution is -2.20. The van der Waals surface area contributed by atoms with E-state index in [1.807, 2.05) is 12.1 Å². The Morgan fingerprint density at radius 1 is 1.11 bits per heavy atom. The van der Waals surface area contributed by atoms with E-state index in [0.29, 0.717) is 36.9 Å². The molecule has 2 amide bonds. The molecule has 3 rings (SSSR count). The average Bonchev–Trinajstić information content (AvgIpc) is 3.34. The van der Waals surface area contributed by atoms with Crippen LogP contribution in [0.1, 0.15) is 38.5 Å². The van der Waals surface area contributed by atoms with Crippen LogP contribution in [0, 0.1) is 5.92 Å². The molecule has 0 aromatic heterocycles. The molecule has 1 aliphatic heterocycles. The van der Waals surface area contributed by atoms with Crippen LogP contribution in [0.2, 0.25) is 0 Å². The molecule has 1 fully saturated rings. The number of rotatable bonds is 9. The molecule has 27 heavy (non-hydrogen) atoms. The lowest BCUT2D eigenvalue weighted by molar-refractivity contribution is -0.118. The van der Waals surface area contributed by atoms with Gasteiger partial charge in [0.15, 0.2) is 0 Å². The number of hydrogen-bond acceptors (Lipinski definition) is 4. The van der Waals surface area contributed by atoms with E-state index in [1.165, 1.54) is 0 Å². The van der Waals surface area contributed by atoms with Gasteiger partial charge in [0.05, 0.1) is 37.1 Å². The summed E-state index contributed by atoms with van der Waals surface area (Å²) in [5.41, 5.74) is 1.23. The van der Waals surface area contributed by atoms with Gasteiger partial charge in [-0.25, -0.2) is 0 Å². The number of amides is 2. The van der Waals surface area contributed by atoms with Crippen molar-refractivity contribution in [1.82, 2.24) is 0 Å². The van der Waals surface area contributed by atoms with Gasteiger partial charge in [-0.05, 0) is 43.7 Å². The van der Waals surface area contributed by atoms with E-state index in [-0.39, 0.29) is 24.3 Å². The van der Waals surface area contributed by atoms with Gasteiger partial charge in [-0.3, -0.25) is 9.59 Å². The molecular weight excluding hydrogens is 344 g/mol. The highest BCUT2D eigenvalue weighted by Gasteiger charge is 2.17. The number of anilines is 2. The van der Waals surface area contributed by atoms with Crippen LogP contribution in [0.4, 0.5) is 11.4 Å². The first-order valence-corrected chi connectivity index (χ1v) is 9.75. The largest absolute Gasteiger partial charge is 0.378 e. The highest BCUT2D eigenvalue weighted by Crippen LogP contribution is 2.24. The molecule has 1 aromatic rings. The van der Waals surface area contributed by atoms with Gasteiger partial charge in [0, 0.05) is 13.0 Å². The van der Waals surface area contributed by atoms with Gasteiger partial charge in [0.2, 0.25) is 11.8 Å².